The van der Waals surface area contributed by atoms with Crippen molar-refractivity contribution in [2.24, 2.45) is 5.92 Å². The van der Waals surface area contributed by atoms with Crippen molar-refractivity contribution in [2.45, 2.75) is 25.8 Å². The fourth-order valence-corrected chi connectivity index (χ4v) is 2.53. The molecule has 0 radical (unpaired) electrons. The van der Waals surface area contributed by atoms with Crippen LogP contribution in [0, 0.1) is 5.92 Å². The van der Waals surface area contributed by atoms with Crippen LogP contribution in [-0.4, -0.2) is 36.9 Å². The highest BCUT2D eigenvalue weighted by Crippen LogP contribution is 2.18. The maximum Gasteiger partial charge on any atom is 0.255 e. The van der Waals surface area contributed by atoms with Gasteiger partial charge in [0.1, 0.15) is 0 Å². The van der Waals surface area contributed by atoms with E-state index in [0.717, 1.165) is 31.5 Å². The topological polar surface area (TPSA) is 32.3 Å². The van der Waals surface area contributed by atoms with Gasteiger partial charge in [-0.1, -0.05) is 30.3 Å². The van der Waals surface area contributed by atoms with E-state index < -0.39 is 13.0 Å². The molecule has 0 saturated carbocycles. The summed E-state index contributed by atoms with van der Waals surface area (Å²) in [7, 11) is 0. The Labute approximate surface area is 118 Å². The van der Waals surface area contributed by atoms with Gasteiger partial charge in [-0.3, -0.25) is 4.79 Å². The number of amides is 1. The Balaban J connectivity index is 2.04. The first kappa shape index (κ1) is 14.9. The van der Waals surface area contributed by atoms with Gasteiger partial charge in [-0.05, 0) is 31.5 Å². The van der Waals surface area contributed by atoms with Gasteiger partial charge in [0.25, 0.3) is 6.43 Å². The van der Waals surface area contributed by atoms with Crippen LogP contribution in [0.3, 0.4) is 0 Å². The largest absolute Gasteiger partial charge is 0.332 e. The van der Waals surface area contributed by atoms with Crippen LogP contribution in [0.25, 0.3) is 0 Å². The summed E-state index contributed by atoms with van der Waals surface area (Å²) < 4.78 is 25.4. The lowest BCUT2D eigenvalue weighted by atomic mass is 9.96. The van der Waals surface area contributed by atoms with Crippen LogP contribution in [0.2, 0.25) is 0 Å². The van der Waals surface area contributed by atoms with Crippen LogP contribution in [0.1, 0.15) is 18.4 Å². The van der Waals surface area contributed by atoms with Crippen molar-refractivity contribution in [3.8, 4) is 0 Å². The Morgan fingerprint density at radius 1 is 1.25 bits per heavy atom. The molecule has 0 unspecified atom stereocenters. The second-order valence-corrected chi connectivity index (χ2v) is 5.12. The van der Waals surface area contributed by atoms with Crippen molar-refractivity contribution in [1.29, 1.82) is 0 Å². The van der Waals surface area contributed by atoms with E-state index in [1.54, 1.807) is 0 Å². The van der Waals surface area contributed by atoms with E-state index in [1.165, 1.54) is 4.90 Å². The van der Waals surface area contributed by atoms with Crippen molar-refractivity contribution in [3.63, 3.8) is 0 Å². The molecule has 1 saturated heterocycles. The Kier molecular flexibility index (Phi) is 5.47. The first-order valence-electron chi connectivity index (χ1n) is 6.98. The number of benzene rings is 1. The molecule has 1 amide bonds. The molecule has 1 fully saturated rings. The van der Waals surface area contributed by atoms with Gasteiger partial charge in [0, 0.05) is 12.5 Å². The summed E-state index contributed by atoms with van der Waals surface area (Å²) >= 11 is 0. The van der Waals surface area contributed by atoms with Gasteiger partial charge in [0.2, 0.25) is 5.91 Å². The van der Waals surface area contributed by atoms with Crippen LogP contribution in [0.4, 0.5) is 8.78 Å². The Morgan fingerprint density at radius 3 is 2.50 bits per heavy atom. The van der Waals surface area contributed by atoms with Crippen LogP contribution in [-0.2, 0) is 11.3 Å². The maximum absolute atomic E-state index is 12.7. The number of rotatable bonds is 5. The molecular weight excluding hydrogens is 262 g/mol. The number of alkyl halides is 2. The van der Waals surface area contributed by atoms with Crippen molar-refractivity contribution in [1.82, 2.24) is 10.2 Å². The number of nitrogens with zero attached hydrogens (tertiary/aromatic N) is 1. The minimum absolute atomic E-state index is 0.126. The van der Waals surface area contributed by atoms with Crippen molar-refractivity contribution >= 4 is 5.91 Å². The van der Waals surface area contributed by atoms with Crippen molar-refractivity contribution in [2.75, 3.05) is 19.6 Å². The molecule has 1 aromatic rings. The van der Waals surface area contributed by atoms with Gasteiger partial charge in [0.15, 0.2) is 0 Å². The van der Waals surface area contributed by atoms with Gasteiger partial charge in [-0.2, -0.15) is 0 Å². The quantitative estimate of drug-likeness (QED) is 0.898. The molecule has 110 valence electrons. The van der Waals surface area contributed by atoms with Crippen LogP contribution >= 0.6 is 0 Å². The molecule has 1 heterocycles. The van der Waals surface area contributed by atoms with Gasteiger partial charge >= 0.3 is 0 Å². The lowest BCUT2D eigenvalue weighted by Crippen LogP contribution is -2.42. The molecule has 0 atom stereocenters. The predicted octanol–water partition coefficient (Wildman–Crippen LogP) is 2.28. The van der Waals surface area contributed by atoms with E-state index in [0.29, 0.717) is 0 Å². The summed E-state index contributed by atoms with van der Waals surface area (Å²) in [6.07, 6.45) is -1.04. The molecule has 1 aromatic carbocycles. The molecule has 0 bridgehead atoms. The molecule has 0 aliphatic carbocycles. The fourth-order valence-electron chi connectivity index (χ4n) is 2.53. The van der Waals surface area contributed by atoms with Gasteiger partial charge in [0.05, 0.1) is 6.54 Å². The molecule has 0 spiro atoms. The Hall–Kier alpha value is -1.49. The number of hydrogen-bond donors (Lipinski definition) is 1. The van der Waals surface area contributed by atoms with Crippen LogP contribution in [0.5, 0.6) is 0 Å². The second-order valence-electron chi connectivity index (χ2n) is 5.12. The summed E-state index contributed by atoms with van der Waals surface area (Å²) in [5, 5.41) is 3.18. The number of piperidine rings is 1. The number of carbonyl (C=O) groups excluding carboxylic acids is 1. The first-order chi connectivity index (χ1) is 9.66. The smallest absolute Gasteiger partial charge is 0.255 e. The van der Waals surface area contributed by atoms with E-state index in [1.807, 2.05) is 30.3 Å². The summed E-state index contributed by atoms with van der Waals surface area (Å²) in [4.78, 5) is 13.7. The summed E-state index contributed by atoms with van der Waals surface area (Å²) in [6.45, 7) is 1.33. The number of nitrogens with one attached hydrogen (secondary N) is 1. The monoisotopic (exact) mass is 282 g/mol. The fraction of sp³-hybridized carbons (Fsp3) is 0.533. The Morgan fingerprint density at radius 2 is 1.90 bits per heavy atom. The van der Waals surface area contributed by atoms with E-state index in [-0.39, 0.29) is 18.4 Å². The highest BCUT2D eigenvalue weighted by Gasteiger charge is 2.27. The average Bonchev–Trinajstić information content (AvgIpc) is 2.47. The standard InChI is InChI=1S/C15H20F2N2O/c16-14(17)11-19(10-12-4-2-1-3-5-12)15(20)13-6-8-18-9-7-13/h1-5,13-14,18H,6-11H2. The summed E-state index contributed by atoms with van der Waals surface area (Å²) in [6, 6.07) is 9.29. The molecule has 1 aliphatic heterocycles. The highest BCUT2D eigenvalue weighted by atomic mass is 19.3. The second kappa shape index (κ2) is 7.33. The van der Waals surface area contributed by atoms with Crippen LogP contribution in [0.15, 0.2) is 30.3 Å². The minimum atomic E-state index is -2.50. The normalized spacial score (nSPS) is 16.4. The molecule has 20 heavy (non-hydrogen) atoms. The van der Waals surface area contributed by atoms with E-state index in [2.05, 4.69) is 5.32 Å². The Bertz CT molecular complexity index is 419. The average molecular weight is 282 g/mol. The molecule has 1 N–H and O–H groups in total. The molecule has 1 aliphatic rings. The lowest BCUT2D eigenvalue weighted by Gasteiger charge is -2.29. The number of carbonyl (C=O) groups is 1. The summed E-state index contributed by atoms with van der Waals surface area (Å²) in [5.74, 6) is -0.269. The van der Waals surface area contributed by atoms with Crippen molar-refractivity contribution < 1.29 is 13.6 Å². The molecular formula is C15H20F2N2O. The zero-order valence-electron chi connectivity index (χ0n) is 11.4. The minimum Gasteiger partial charge on any atom is -0.332 e. The zero-order chi connectivity index (χ0) is 14.4. The summed E-state index contributed by atoms with van der Waals surface area (Å²) in [5.41, 5.74) is 0.885. The zero-order valence-corrected chi connectivity index (χ0v) is 11.4. The maximum atomic E-state index is 12.7. The highest BCUT2D eigenvalue weighted by molar-refractivity contribution is 5.79. The van der Waals surface area contributed by atoms with Gasteiger partial charge in [-0.15, -0.1) is 0 Å². The van der Waals surface area contributed by atoms with E-state index in [4.69, 9.17) is 0 Å². The third-order valence-corrected chi connectivity index (χ3v) is 3.57. The van der Waals surface area contributed by atoms with Gasteiger partial charge in [-0.25, -0.2) is 8.78 Å². The van der Waals surface area contributed by atoms with Gasteiger partial charge < -0.3 is 10.2 Å². The van der Waals surface area contributed by atoms with Crippen LogP contribution < -0.4 is 5.32 Å². The predicted molar refractivity (Wildman–Crippen MR) is 73.5 cm³/mol. The first-order valence-corrected chi connectivity index (χ1v) is 6.98. The molecule has 3 nitrogen and oxygen atoms in total. The number of hydrogen-bond acceptors (Lipinski definition) is 2. The third-order valence-electron chi connectivity index (χ3n) is 3.57. The van der Waals surface area contributed by atoms with E-state index >= 15 is 0 Å². The molecule has 5 heteroatoms. The molecule has 2 rings (SSSR count). The third kappa shape index (κ3) is 4.27. The van der Waals surface area contributed by atoms with Crippen molar-refractivity contribution in [3.05, 3.63) is 35.9 Å². The lowest BCUT2D eigenvalue weighted by molar-refractivity contribution is -0.139. The number of halogens is 2. The molecule has 0 aromatic heterocycles. The van der Waals surface area contributed by atoms with E-state index in [9.17, 15) is 13.6 Å². The SMILES string of the molecule is O=C(C1CCNCC1)N(Cc1ccccc1)CC(F)F.